The highest BCUT2D eigenvalue weighted by atomic mass is 35.5. The highest BCUT2D eigenvalue weighted by Crippen LogP contribution is 2.41. The molecular formula is C24H24ClFN2O. The number of amides is 1. The Morgan fingerprint density at radius 3 is 2.55 bits per heavy atom. The van der Waals surface area contributed by atoms with Crippen LogP contribution in [-0.2, 0) is 4.79 Å². The Hall–Kier alpha value is -2.46. The zero-order valence-corrected chi connectivity index (χ0v) is 17.1. The van der Waals surface area contributed by atoms with Crippen molar-refractivity contribution in [2.24, 2.45) is 11.8 Å². The Morgan fingerprint density at radius 1 is 1.10 bits per heavy atom. The van der Waals surface area contributed by atoms with Crippen LogP contribution in [0.1, 0.15) is 44.1 Å². The molecule has 1 N–H and O–H groups in total. The van der Waals surface area contributed by atoms with Gasteiger partial charge in [0, 0.05) is 28.2 Å². The van der Waals surface area contributed by atoms with E-state index >= 15 is 0 Å². The van der Waals surface area contributed by atoms with Crippen molar-refractivity contribution >= 4 is 34.1 Å². The third-order valence-corrected chi connectivity index (χ3v) is 6.43. The van der Waals surface area contributed by atoms with E-state index in [9.17, 15) is 9.18 Å². The van der Waals surface area contributed by atoms with Gasteiger partial charge in [-0.05, 0) is 91.6 Å². The lowest BCUT2D eigenvalue weighted by Gasteiger charge is -2.32. The topological polar surface area (TPSA) is 42.0 Å². The Labute approximate surface area is 175 Å². The second kappa shape index (κ2) is 8.50. The van der Waals surface area contributed by atoms with Gasteiger partial charge in [0.2, 0.25) is 5.91 Å². The molecule has 29 heavy (non-hydrogen) atoms. The fraction of sp³-hybridized carbons (Fsp3) is 0.333. The van der Waals surface area contributed by atoms with Crippen molar-refractivity contribution in [3.8, 4) is 0 Å². The molecule has 1 aliphatic carbocycles. The summed E-state index contributed by atoms with van der Waals surface area (Å²) in [5.41, 5.74) is 2.78. The molecule has 1 aromatic heterocycles. The van der Waals surface area contributed by atoms with Gasteiger partial charge in [-0.3, -0.25) is 9.78 Å². The van der Waals surface area contributed by atoms with Gasteiger partial charge < -0.3 is 5.32 Å². The van der Waals surface area contributed by atoms with Crippen molar-refractivity contribution < 1.29 is 9.18 Å². The molecule has 2 aromatic carbocycles. The molecule has 0 aliphatic heterocycles. The monoisotopic (exact) mass is 410 g/mol. The predicted molar refractivity (Wildman–Crippen MR) is 116 cm³/mol. The molecule has 0 saturated heterocycles. The van der Waals surface area contributed by atoms with E-state index in [-0.39, 0.29) is 17.6 Å². The first-order chi connectivity index (χ1) is 14.0. The summed E-state index contributed by atoms with van der Waals surface area (Å²) in [6.07, 6.45) is 5.78. The van der Waals surface area contributed by atoms with Crippen molar-refractivity contribution in [3.63, 3.8) is 0 Å². The van der Waals surface area contributed by atoms with E-state index in [4.69, 9.17) is 11.6 Å². The Kier molecular flexibility index (Phi) is 5.81. The van der Waals surface area contributed by atoms with E-state index in [1.165, 1.54) is 11.6 Å². The van der Waals surface area contributed by atoms with Gasteiger partial charge in [0.1, 0.15) is 5.82 Å². The molecule has 1 amide bonds. The number of nitrogens with one attached hydrogen (secondary N) is 1. The summed E-state index contributed by atoms with van der Waals surface area (Å²) in [6, 6.07) is 14.0. The molecule has 0 bridgehead atoms. The maximum Gasteiger partial charge on any atom is 0.227 e. The summed E-state index contributed by atoms with van der Waals surface area (Å²) in [7, 11) is 0. The fourth-order valence-electron chi connectivity index (χ4n) is 4.43. The molecule has 1 heterocycles. The van der Waals surface area contributed by atoms with Gasteiger partial charge in [-0.15, -0.1) is 0 Å². The van der Waals surface area contributed by atoms with Crippen molar-refractivity contribution in [1.82, 2.24) is 4.98 Å². The van der Waals surface area contributed by atoms with Gasteiger partial charge in [0.15, 0.2) is 0 Å². The minimum absolute atomic E-state index is 0.0483. The highest BCUT2D eigenvalue weighted by molar-refractivity contribution is 6.30. The number of carbonyl (C=O) groups excluding carboxylic acids is 1. The van der Waals surface area contributed by atoms with Crippen LogP contribution < -0.4 is 5.32 Å². The van der Waals surface area contributed by atoms with E-state index in [0.717, 1.165) is 42.3 Å². The molecule has 4 rings (SSSR count). The quantitative estimate of drug-likeness (QED) is 0.528. The maximum atomic E-state index is 13.8. The average molecular weight is 411 g/mol. The molecule has 150 valence electrons. The van der Waals surface area contributed by atoms with E-state index in [1.807, 2.05) is 31.3 Å². The van der Waals surface area contributed by atoms with Crippen LogP contribution in [0, 0.1) is 17.7 Å². The second-order valence-electron chi connectivity index (χ2n) is 7.96. The van der Waals surface area contributed by atoms with Crippen LogP contribution in [0.25, 0.3) is 10.9 Å². The third kappa shape index (κ3) is 4.43. The van der Waals surface area contributed by atoms with Gasteiger partial charge in [0.05, 0.1) is 5.52 Å². The molecule has 1 fully saturated rings. The molecule has 1 unspecified atom stereocenters. The number of rotatable bonds is 4. The Morgan fingerprint density at radius 2 is 1.83 bits per heavy atom. The van der Waals surface area contributed by atoms with Crippen LogP contribution in [-0.4, -0.2) is 10.9 Å². The number of halogens is 2. The molecule has 3 nitrogen and oxygen atoms in total. The first-order valence-corrected chi connectivity index (χ1v) is 10.5. The van der Waals surface area contributed by atoms with Crippen molar-refractivity contribution in [1.29, 1.82) is 0 Å². The van der Waals surface area contributed by atoms with Gasteiger partial charge in [0.25, 0.3) is 0 Å². The van der Waals surface area contributed by atoms with Crippen LogP contribution in [0.15, 0.2) is 54.7 Å². The van der Waals surface area contributed by atoms with Gasteiger partial charge >= 0.3 is 0 Å². The minimum atomic E-state index is -0.229. The normalized spacial score (nSPS) is 20.4. The average Bonchev–Trinajstić information content (AvgIpc) is 2.74. The predicted octanol–water partition coefficient (Wildman–Crippen LogP) is 6.58. The summed E-state index contributed by atoms with van der Waals surface area (Å²) in [5.74, 6) is 0.492. The molecule has 1 saturated carbocycles. The Balaban J connectivity index is 1.41. The summed E-state index contributed by atoms with van der Waals surface area (Å²) in [4.78, 5) is 17.0. The van der Waals surface area contributed by atoms with E-state index in [0.29, 0.717) is 16.9 Å². The van der Waals surface area contributed by atoms with Crippen LogP contribution in [0.4, 0.5) is 10.1 Å². The van der Waals surface area contributed by atoms with E-state index in [1.54, 1.807) is 24.3 Å². The molecule has 3 aromatic rings. The molecule has 0 spiro atoms. The summed E-state index contributed by atoms with van der Waals surface area (Å²) in [6.45, 7) is 2.01. The lowest BCUT2D eigenvalue weighted by Crippen LogP contribution is -2.29. The zero-order chi connectivity index (χ0) is 20.4. The number of nitrogens with zero attached hydrogens (tertiary/aromatic N) is 1. The molecular weight excluding hydrogens is 387 g/mol. The first-order valence-electron chi connectivity index (χ1n) is 10.1. The van der Waals surface area contributed by atoms with E-state index < -0.39 is 0 Å². The highest BCUT2D eigenvalue weighted by Gasteiger charge is 2.30. The van der Waals surface area contributed by atoms with Crippen LogP contribution in [0.5, 0.6) is 0 Å². The summed E-state index contributed by atoms with van der Waals surface area (Å²) >= 11 is 5.90. The maximum absolute atomic E-state index is 13.8. The smallest absolute Gasteiger partial charge is 0.227 e. The summed E-state index contributed by atoms with van der Waals surface area (Å²) in [5, 5.41) is 4.55. The van der Waals surface area contributed by atoms with Crippen molar-refractivity contribution in [2.45, 2.75) is 38.5 Å². The molecule has 1 aliphatic rings. The number of pyridine rings is 1. The lowest BCUT2D eigenvalue weighted by atomic mass is 9.73. The standard InChI is InChI=1S/C24H24ClFN2O/c1-15(24(29)28-20-9-6-18(25)7-10-20)16-2-4-17(5-3-16)21-12-13-27-23-11-8-19(26)14-22(21)23/h6-17H,2-5H2,1H3,(H,28,29). The van der Waals surface area contributed by atoms with Crippen LogP contribution in [0.2, 0.25) is 5.02 Å². The SMILES string of the molecule is CC(C(=O)Nc1ccc(Cl)cc1)C1CCC(c2ccnc3ccc(F)cc23)CC1. The largest absolute Gasteiger partial charge is 0.326 e. The third-order valence-electron chi connectivity index (χ3n) is 6.18. The number of carbonyl (C=O) groups is 1. The Bertz CT molecular complexity index is 1010. The van der Waals surface area contributed by atoms with Crippen molar-refractivity contribution in [3.05, 3.63) is 71.1 Å². The molecule has 5 heteroatoms. The van der Waals surface area contributed by atoms with Crippen molar-refractivity contribution in [2.75, 3.05) is 5.32 Å². The lowest BCUT2D eigenvalue weighted by molar-refractivity contribution is -0.121. The number of anilines is 1. The fourth-order valence-corrected chi connectivity index (χ4v) is 4.56. The first kappa shape index (κ1) is 19.8. The van der Waals surface area contributed by atoms with Crippen LogP contribution >= 0.6 is 11.6 Å². The number of hydrogen-bond donors (Lipinski definition) is 1. The van der Waals surface area contributed by atoms with Gasteiger partial charge in [-0.2, -0.15) is 0 Å². The molecule has 1 atom stereocenters. The number of aromatic nitrogens is 1. The van der Waals surface area contributed by atoms with E-state index in [2.05, 4.69) is 10.3 Å². The summed E-state index contributed by atoms with van der Waals surface area (Å²) < 4.78 is 13.8. The number of fused-ring (bicyclic) bond motifs is 1. The van der Waals surface area contributed by atoms with Crippen LogP contribution in [0.3, 0.4) is 0 Å². The van der Waals surface area contributed by atoms with Gasteiger partial charge in [-0.25, -0.2) is 4.39 Å². The zero-order valence-electron chi connectivity index (χ0n) is 16.4. The molecule has 0 radical (unpaired) electrons. The van der Waals surface area contributed by atoms with Gasteiger partial charge in [-0.1, -0.05) is 18.5 Å². The number of benzene rings is 2. The minimum Gasteiger partial charge on any atom is -0.326 e. The second-order valence-corrected chi connectivity index (χ2v) is 8.39. The number of hydrogen-bond acceptors (Lipinski definition) is 2.